The molecule has 1 aliphatic rings. The fourth-order valence-electron chi connectivity index (χ4n) is 2.72. The summed E-state index contributed by atoms with van der Waals surface area (Å²) in [6, 6.07) is 8.41. The molecule has 0 bridgehead atoms. The summed E-state index contributed by atoms with van der Waals surface area (Å²) >= 11 is 5.30. The van der Waals surface area contributed by atoms with Crippen molar-refractivity contribution >= 4 is 39.7 Å². The summed E-state index contributed by atoms with van der Waals surface area (Å²) in [5.74, 6) is 0.659. The third kappa shape index (κ3) is 4.07. The van der Waals surface area contributed by atoms with Crippen LogP contribution in [0.15, 0.2) is 34.1 Å². The summed E-state index contributed by atoms with van der Waals surface area (Å²) in [6.07, 6.45) is 2.50. The van der Waals surface area contributed by atoms with Gasteiger partial charge in [-0.2, -0.15) is 0 Å². The number of piperidine rings is 1. The fraction of sp³-hybridized carbons (Fsp3) is 0.438. The Morgan fingerprint density at radius 3 is 2.52 bits per heavy atom. The average molecular weight is 388 g/mol. The highest BCUT2D eigenvalue weighted by atomic mass is 79.9. The van der Waals surface area contributed by atoms with Crippen LogP contribution in [-0.2, 0) is 0 Å². The molecule has 5 heteroatoms. The Bertz CT molecular complexity index is 562. The van der Waals surface area contributed by atoms with E-state index in [2.05, 4.69) is 57.4 Å². The first-order chi connectivity index (χ1) is 9.76. The Hall–Kier alpha value is -0.420. The molecule has 0 saturated carbocycles. The minimum Gasteiger partial charge on any atom is -0.304 e. The van der Waals surface area contributed by atoms with Crippen molar-refractivity contribution in [2.75, 3.05) is 19.6 Å². The molecule has 0 N–H and O–H groups in total. The molecule has 2 nitrogen and oxygen atoms in total. The highest BCUT2D eigenvalue weighted by Gasteiger charge is 2.22. The van der Waals surface area contributed by atoms with Gasteiger partial charge in [0.2, 0.25) is 0 Å². The van der Waals surface area contributed by atoms with Crippen LogP contribution in [0.25, 0.3) is 11.3 Å². The summed E-state index contributed by atoms with van der Waals surface area (Å²) in [5.41, 5.74) is 2.33. The van der Waals surface area contributed by atoms with E-state index in [1.165, 1.54) is 43.0 Å². The monoisotopic (exact) mass is 386 g/mol. The van der Waals surface area contributed by atoms with Gasteiger partial charge in [0.25, 0.3) is 0 Å². The summed E-state index contributed by atoms with van der Waals surface area (Å²) < 4.78 is 1.11. The van der Waals surface area contributed by atoms with Gasteiger partial charge in [0.1, 0.15) is 0 Å². The number of aromatic nitrogens is 1. The molecule has 1 saturated heterocycles. The molecule has 0 radical (unpaired) electrons. The van der Waals surface area contributed by atoms with Crippen molar-refractivity contribution in [3.05, 3.63) is 39.1 Å². The zero-order valence-corrected chi connectivity index (χ0v) is 15.3. The number of halogens is 2. The molecule has 3 rings (SSSR count). The second-order valence-electron chi connectivity index (χ2n) is 5.29. The third-order valence-electron chi connectivity index (χ3n) is 4.05. The van der Waals surface area contributed by atoms with E-state index in [-0.39, 0.29) is 12.4 Å². The molecule has 114 valence electrons. The number of thiazole rings is 1. The van der Waals surface area contributed by atoms with Crippen LogP contribution in [0.4, 0.5) is 0 Å². The number of likely N-dealkylation sites (tertiary alicyclic amines) is 1. The van der Waals surface area contributed by atoms with Gasteiger partial charge in [-0.05, 0) is 44.6 Å². The standard InChI is InChI=1S/C16H19BrN2S.ClH/c1-2-19-9-7-13(8-10-19)16-18-15(11-20-16)12-3-5-14(17)6-4-12;/h3-6,11,13H,2,7-10H2,1H3;1H. The first-order valence-electron chi connectivity index (χ1n) is 7.20. The maximum absolute atomic E-state index is 4.87. The maximum atomic E-state index is 4.87. The van der Waals surface area contributed by atoms with Gasteiger partial charge in [-0.1, -0.05) is 35.0 Å². The van der Waals surface area contributed by atoms with Crippen LogP contribution in [0.3, 0.4) is 0 Å². The van der Waals surface area contributed by atoms with Crippen molar-refractivity contribution in [1.29, 1.82) is 0 Å². The molecule has 1 aromatic carbocycles. The molecule has 0 atom stereocenters. The van der Waals surface area contributed by atoms with E-state index in [1.54, 1.807) is 0 Å². The molecule has 0 spiro atoms. The fourth-order valence-corrected chi connectivity index (χ4v) is 3.99. The van der Waals surface area contributed by atoms with E-state index in [1.807, 2.05) is 11.3 Å². The zero-order valence-electron chi connectivity index (χ0n) is 12.1. The van der Waals surface area contributed by atoms with Gasteiger partial charge in [-0.15, -0.1) is 23.7 Å². The van der Waals surface area contributed by atoms with Gasteiger partial charge in [0.05, 0.1) is 10.7 Å². The van der Waals surface area contributed by atoms with Crippen LogP contribution in [-0.4, -0.2) is 29.5 Å². The summed E-state index contributed by atoms with van der Waals surface area (Å²) in [7, 11) is 0. The Morgan fingerprint density at radius 2 is 1.90 bits per heavy atom. The van der Waals surface area contributed by atoms with Crippen molar-refractivity contribution < 1.29 is 0 Å². The first-order valence-corrected chi connectivity index (χ1v) is 8.87. The minimum atomic E-state index is 0. The van der Waals surface area contributed by atoms with Crippen LogP contribution in [0.2, 0.25) is 0 Å². The van der Waals surface area contributed by atoms with Gasteiger partial charge in [-0.3, -0.25) is 0 Å². The molecule has 2 aromatic rings. The quantitative estimate of drug-likeness (QED) is 0.720. The van der Waals surface area contributed by atoms with Crippen molar-refractivity contribution in [3.63, 3.8) is 0 Å². The van der Waals surface area contributed by atoms with Gasteiger partial charge in [-0.25, -0.2) is 4.98 Å². The van der Waals surface area contributed by atoms with Gasteiger partial charge < -0.3 is 4.90 Å². The van der Waals surface area contributed by atoms with Crippen molar-refractivity contribution in [3.8, 4) is 11.3 Å². The van der Waals surface area contributed by atoms with E-state index >= 15 is 0 Å². The Kier molecular flexibility index (Phi) is 6.23. The molecule has 1 aromatic heterocycles. The van der Waals surface area contributed by atoms with E-state index in [0.29, 0.717) is 5.92 Å². The second kappa shape index (κ2) is 7.73. The number of rotatable bonds is 3. The summed E-state index contributed by atoms with van der Waals surface area (Å²) in [4.78, 5) is 7.40. The highest BCUT2D eigenvalue weighted by Crippen LogP contribution is 2.33. The van der Waals surface area contributed by atoms with Crippen LogP contribution in [0.5, 0.6) is 0 Å². The van der Waals surface area contributed by atoms with Crippen LogP contribution >= 0.6 is 39.7 Å². The number of hydrogen-bond acceptors (Lipinski definition) is 3. The normalized spacial score (nSPS) is 16.7. The summed E-state index contributed by atoms with van der Waals surface area (Å²) in [5, 5.41) is 3.52. The lowest BCUT2D eigenvalue weighted by atomic mass is 9.97. The molecule has 1 aliphatic heterocycles. The van der Waals surface area contributed by atoms with E-state index in [0.717, 1.165) is 10.2 Å². The molecule has 1 fully saturated rings. The lowest BCUT2D eigenvalue weighted by Crippen LogP contribution is -2.32. The van der Waals surface area contributed by atoms with Gasteiger partial charge in [0, 0.05) is 21.3 Å². The highest BCUT2D eigenvalue weighted by molar-refractivity contribution is 9.10. The Labute approximate surface area is 145 Å². The molecule has 0 unspecified atom stereocenters. The molecular formula is C16H20BrClN2S. The lowest BCUT2D eigenvalue weighted by molar-refractivity contribution is 0.222. The van der Waals surface area contributed by atoms with Gasteiger partial charge >= 0.3 is 0 Å². The third-order valence-corrected chi connectivity index (χ3v) is 5.58. The second-order valence-corrected chi connectivity index (χ2v) is 7.09. The number of hydrogen-bond donors (Lipinski definition) is 0. The van der Waals surface area contributed by atoms with Crippen molar-refractivity contribution in [1.82, 2.24) is 9.88 Å². The predicted octanol–water partition coefficient (Wildman–Crippen LogP) is 5.19. The minimum absolute atomic E-state index is 0. The molecule has 2 heterocycles. The topological polar surface area (TPSA) is 16.1 Å². The van der Waals surface area contributed by atoms with Crippen LogP contribution in [0, 0.1) is 0 Å². The largest absolute Gasteiger partial charge is 0.304 e. The van der Waals surface area contributed by atoms with Crippen LogP contribution in [0.1, 0.15) is 30.7 Å². The SMILES string of the molecule is CCN1CCC(c2nc(-c3ccc(Br)cc3)cs2)CC1.Cl. The van der Waals surface area contributed by atoms with Crippen molar-refractivity contribution in [2.24, 2.45) is 0 Å². The molecule has 0 amide bonds. The maximum Gasteiger partial charge on any atom is 0.0964 e. The average Bonchev–Trinajstić information content (AvgIpc) is 2.98. The van der Waals surface area contributed by atoms with Gasteiger partial charge in [0.15, 0.2) is 0 Å². The molecule has 0 aliphatic carbocycles. The summed E-state index contributed by atoms with van der Waals surface area (Å²) in [6.45, 7) is 5.85. The Morgan fingerprint density at radius 1 is 1.24 bits per heavy atom. The van der Waals surface area contributed by atoms with Crippen molar-refractivity contribution in [2.45, 2.75) is 25.7 Å². The molecule has 21 heavy (non-hydrogen) atoms. The van der Waals surface area contributed by atoms with E-state index in [4.69, 9.17) is 4.98 Å². The predicted molar refractivity (Wildman–Crippen MR) is 96.6 cm³/mol. The number of nitrogens with zero attached hydrogens (tertiary/aromatic N) is 2. The first kappa shape index (κ1) is 16.9. The number of benzene rings is 1. The zero-order chi connectivity index (χ0) is 13.9. The lowest BCUT2D eigenvalue weighted by Gasteiger charge is -2.29. The smallest absolute Gasteiger partial charge is 0.0964 e. The van der Waals surface area contributed by atoms with E-state index in [9.17, 15) is 0 Å². The Balaban J connectivity index is 0.00000161. The van der Waals surface area contributed by atoms with E-state index < -0.39 is 0 Å². The van der Waals surface area contributed by atoms with Crippen LogP contribution < -0.4 is 0 Å². The molecular weight excluding hydrogens is 368 g/mol.